The zero-order chi connectivity index (χ0) is 12.3. The molecule has 1 atom stereocenters. The molecule has 0 fully saturated rings. The van der Waals surface area contributed by atoms with Crippen LogP contribution in [0.1, 0.15) is 23.8 Å². The van der Waals surface area contributed by atoms with Crippen LogP contribution in [0.4, 0.5) is 13.2 Å². The van der Waals surface area contributed by atoms with Gasteiger partial charge >= 0.3 is 6.18 Å². The first-order chi connectivity index (χ1) is 7.29. The van der Waals surface area contributed by atoms with Gasteiger partial charge in [-0.1, -0.05) is 23.2 Å². The molecule has 0 bridgehead atoms. The van der Waals surface area contributed by atoms with Gasteiger partial charge < -0.3 is 0 Å². The molecule has 16 heavy (non-hydrogen) atoms. The summed E-state index contributed by atoms with van der Waals surface area (Å²) in [6.07, 6.45) is -5.37. The Balaban J connectivity index is 2.73. The molecule has 0 aliphatic carbocycles. The van der Waals surface area contributed by atoms with Crippen LogP contribution >= 0.6 is 34.8 Å². The van der Waals surface area contributed by atoms with Crippen molar-refractivity contribution in [2.45, 2.75) is 24.4 Å². The highest BCUT2D eigenvalue weighted by molar-refractivity contribution is 6.34. The molecule has 1 aromatic carbocycles. The van der Waals surface area contributed by atoms with Gasteiger partial charge in [0.2, 0.25) is 0 Å². The highest BCUT2D eigenvalue weighted by Gasteiger charge is 2.28. The van der Waals surface area contributed by atoms with E-state index in [0.717, 1.165) is 0 Å². The number of halogens is 6. The van der Waals surface area contributed by atoms with E-state index >= 15 is 0 Å². The highest BCUT2D eigenvalue weighted by atomic mass is 35.5. The number of rotatable bonds is 3. The first kappa shape index (κ1) is 13.9. The lowest BCUT2D eigenvalue weighted by Gasteiger charge is -2.13. The average Bonchev–Trinajstić information content (AvgIpc) is 2.17. The molecule has 0 N–H and O–H groups in total. The highest BCUT2D eigenvalue weighted by Crippen LogP contribution is 2.36. The molecular formula is C10H8Cl3F3. The number of hydrogen-bond donors (Lipinski definition) is 0. The number of alkyl halides is 4. The molecule has 6 heteroatoms. The standard InChI is InChI=1S/C10H8Cl3F3/c11-6-1-2-8(12)7(5-6)9(13)3-4-10(14,15)16/h1-2,5,9H,3-4H2. The van der Waals surface area contributed by atoms with E-state index in [-0.39, 0.29) is 6.42 Å². The normalized spacial score (nSPS) is 13.9. The van der Waals surface area contributed by atoms with E-state index in [2.05, 4.69) is 0 Å². The van der Waals surface area contributed by atoms with Crippen molar-refractivity contribution in [1.29, 1.82) is 0 Å². The van der Waals surface area contributed by atoms with Crippen LogP contribution in [0.5, 0.6) is 0 Å². The zero-order valence-corrected chi connectivity index (χ0v) is 10.3. The third-order valence-electron chi connectivity index (χ3n) is 1.98. The lowest BCUT2D eigenvalue weighted by molar-refractivity contribution is -0.135. The summed E-state index contributed by atoms with van der Waals surface area (Å²) in [5.74, 6) is 0. The van der Waals surface area contributed by atoms with Gasteiger partial charge in [0.1, 0.15) is 0 Å². The molecule has 0 aliphatic heterocycles. The molecule has 1 aromatic rings. The van der Waals surface area contributed by atoms with Gasteiger partial charge in [-0.25, -0.2) is 0 Å². The van der Waals surface area contributed by atoms with Gasteiger partial charge in [-0.05, 0) is 30.2 Å². The van der Waals surface area contributed by atoms with Crippen LogP contribution in [0.15, 0.2) is 18.2 Å². The Labute approximate surface area is 106 Å². The Morgan fingerprint density at radius 2 is 1.81 bits per heavy atom. The third-order valence-corrected chi connectivity index (χ3v) is 3.01. The minimum atomic E-state index is -4.21. The van der Waals surface area contributed by atoms with Gasteiger partial charge in [-0.3, -0.25) is 0 Å². The first-order valence-electron chi connectivity index (χ1n) is 4.45. The van der Waals surface area contributed by atoms with Crippen molar-refractivity contribution in [2.24, 2.45) is 0 Å². The second kappa shape index (κ2) is 5.48. The van der Waals surface area contributed by atoms with Crippen molar-refractivity contribution in [3.8, 4) is 0 Å². The minimum absolute atomic E-state index is 0.217. The second-order valence-corrected chi connectivity index (χ2v) is 4.66. The van der Waals surface area contributed by atoms with Crippen molar-refractivity contribution in [1.82, 2.24) is 0 Å². The molecule has 0 aromatic heterocycles. The van der Waals surface area contributed by atoms with Crippen LogP contribution in [0, 0.1) is 0 Å². The molecule has 0 spiro atoms. The van der Waals surface area contributed by atoms with E-state index in [9.17, 15) is 13.2 Å². The monoisotopic (exact) mass is 290 g/mol. The number of hydrogen-bond acceptors (Lipinski definition) is 0. The fraction of sp³-hybridized carbons (Fsp3) is 0.400. The van der Waals surface area contributed by atoms with Crippen molar-refractivity contribution in [3.63, 3.8) is 0 Å². The van der Waals surface area contributed by atoms with Crippen LogP contribution in [0.2, 0.25) is 10.0 Å². The molecular weight excluding hydrogens is 283 g/mol. The van der Waals surface area contributed by atoms with E-state index in [4.69, 9.17) is 34.8 Å². The molecule has 0 amide bonds. The van der Waals surface area contributed by atoms with Gasteiger partial charge in [-0.2, -0.15) is 13.2 Å². The molecule has 0 aliphatic rings. The minimum Gasteiger partial charge on any atom is -0.171 e. The Morgan fingerprint density at radius 3 is 2.38 bits per heavy atom. The summed E-state index contributed by atoms with van der Waals surface area (Å²) in [7, 11) is 0. The molecule has 0 saturated carbocycles. The van der Waals surface area contributed by atoms with Crippen LogP contribution in [-0.2, 0) is 0 Å². The molecule has 1 unspecified atom stereocenters. The van der Waals surface area contributed by atoms with Crippen LogP contribution < -0.4 is 0 Å². The lowest BCUT2D eigenvalue weighted by Crippen LogP contribution is -2.08. The predicted octanol–water partition coefficient (Wildman–Crippen LogP) is 5.62. The Morgan fingerprint density at radius 1 is 1.19 bits per heavy atom. The Kier molecular flexibility index (Phi) is 4.77. The van der Waals surface area contributed by atoms with Crippen LogP contribution in [-0.4, -0.2) is 6.18 Å². The van der Waals surface area contributed by atoms with Gasteiger partial charge in [0.25, 0.3) is 0 Å². The van der Waals surface area contributed by atoms with E-state index in [1.165, 1.54) is 12.1 Å². The fourth-order valence-corrected chi connectivity index (χ4v) is 1.98. The van der Waals surface area contributed by atoms with Crippen LogP contribution in [0.3, 0.4) is 0 Å². The van der Waals surface area contributed by atoms with Gasteiger partial charge in [-0.15, -0.1) is 11.6 Å². The van der Waals surface area contributed by atoms with E-state index in [0.29, 0.717) is 15.6 Å². The van der Waals surface area contributed by atoms with E-state index in [1.807, 2.05) is 0 Å². The van der Waals surface area contributed by atoms with Crippen molar-refractivity contribution >= 4 is 34.8 Å². The number of benzene rings is 1. The maximum Gasteiger partial charge on any atom is 0.389 e. The summed E-state index contributed by atoms with van der Waals surface area (Å²) in [4.78, 5) is 0. The zero-order valence-electron chi connectivity index (χ0n) is 7.99. The largest absolute Gasteiger partial charge is 0.389 e. The van der Waals surface area contributed by atoms with E-state index in [1.54, 1.807) is 6.07 Å². The predicted molar refractivity (Wildman–Crippen MR) is 60.3 cm³/mol. The average molecular weight is 292 g/mol. The second-order valence-electron chi connectivity index (χ2n) is 3.29. The summed E-state index contributed by atoms with van der Waals surface area (Å²) < 4.78 is 36.0. The molecule has 0 saturated heterocycles. The van der Waals surface area contributed by atoms with Gasteiger partial charge in [0.05, 0.1) is 5.38 Å². The van der Waals surface area contributed by atoms with Gasteiger partial charge in [0.15, 0.2) is 0 Å². The Bertz CT molecular complexity index is 363. The van der Waals surface area contributed by atoms with Crippen molar-refractivity contribution < 1.29 is 13.2 Å². The first-order valence-corrected chi connectivity index (χ1v) is 5.64. The molecule has 1 rings (SSSR count). The van der Waals surface area contributed by atoms with Gasteiger partial charge in [0, 0.05) is 16.5 Å². The summed E-state index contributed by atoms with van der Waals surface area (Å²) in [5, 5.41) is -0.0588. The quantitative estimate of drug-likeness (QED) is 0.634. The Hall–Kier alpha value is -0.120. The third kappa shape index (κ3) is 4.40. The maximum atomic E-state index is 12.0. The maximum absolute atomic E-state index is 12.0. The molecule has 0 nitrogen and oxygen atoms in total. The molecule has 90 valence electrons. The molecule has 0 heterocycles. The molecule has 0 radical (unpaired) electrons. The lowest BCUT2D eigenvalue weighted by atomic mass is 10.1. The summed E-state index contributed by atoms with van der Waals surface area (Å²) >= 11 is 17.4. The fourth-order valence-electron chi connectivity index (χ4n) is 1.20. The SMILES string of the molecule is FC(F)(F)CCC(Cl)c1cc(Cl)ccc1Cl. The van der Waals surface area contributed by atoms with Crippen molar-refractivity contribution in [2.75, 3.05) is 0 Å². The smallest absolute Gasteiger partial charge is 0.171 e. The van der Waals surface area contributed by atoms with E-state index < -0.39 is 18.0 Å². The van der Waals surface area contributed by atoms with Crippen LogP contribution in [0.25, 0.3) is 0 Å². The summed E-state index contributed by atoms with van der Waals surface area (Å²) in [6, 6.07) is 4.56. The summed E-state index contributed by atoms with van der Waals surface area (Å²) in [5.41, 5.74) is 0.431. The summed E-state index contributed by atoms with van der Waals surface area (Å²) in [6.45, 7) is 0. The van der Waals surface area contributed by atoms with Crippen molar-refractivity contribution in [3.05, 3.63) is 33.8 Å². The topological polar surface area (TPSA) is 0 Å².